The number of rotatable bonds is 4. The summed E-state index contributed by atoms with van der Waals surface area (Å²) in [6, 6.07) is 8.74. The van der Waals surface area contributed by atoms with Gasteiger partial charge in [0.15, 0.2) is 6.17 Å². The molecule has 3 aromatic rings. The van der Waals surface area contributed by atoms with Gasteiger partial charge in [0.1, 0.15) is 11.9 Å². The SMILES string of the molecule is C[C@@]12CCC[C@@](C)(N1)[C@@H](F)[C@@H](Oc1ccc(-c3ccc(-c4cn[nH]c4)cc3O)nn1)C2. The Hall–Kier alpha value is -3.00. The van der Waals surface area contributed by atoms with Crippen molar-refractivity contribution in [2.24, 2.45) is 0 Å². The molecule has 0 amide bonds. The fourth-order valence-electron chi connectivity index (χ4n) is 5.10. The molecule has 0 saturated carbocycles. The van der Waals surface area contributed by atoms with Crippen molar-refractivity contribution in [3.63, 3.8) is 0 Å². The van der Waals surface area contributed by atoms with Crippen molar-refractivity contribution in [1.82, 2.24) is 25.7 Å². The number of H-pyrrole nitrogens is 1. The van der Waals surface area contributed by atoms with Crippen LogP contribution >= 0.6 is 0 Å². The van der Waals surface area contributed by atoms with Gasteiger partial charge >= 0.3 is 0 Å². The third-order valence-electron chi connectivity index (χ3n) is 6.62. The predicted octanol–water partition coefficient (Wildman–Crippen LogP) is 4.02. The quantitative estimate of drug-likeness (QED) is 0.587. The minimum absolute atomic E-state index is 0.0949. The van der Waals surface area contributed by atoms with Crippen molar-refractivity contribution < 1.29 is 14.2 Å². The van der Waals surface area contributed by atoms with Crippen LogP contribution in [-0.2, 0) is 0 Å². The molecule has 0 aliphatic carbocycles. The largest absolute Gasteiger partial charge is 0.507 e. The molecule has 0 radical (unpaired) electrons. The molecular formula is C23H26FN5O2. The van der Waals surface area contributed by atoms with Crippen LogP contribution in [0.25, 0.3) is 22.4 Å². The summed E-state index contributed by atoms with van der Waals surface area (Å²) in [7, 11) is 0. The second-order valence-electron chi connectivity index (χ2n) is 9.19. The Balaban J connectivity index is 1.34. The van der Waals surface area contributed by atoms with Crippen molar-refractivity contribution in [3.05, 3.63) is 42.7 Å². The van der Waals surface area contributed by atoms with E-state index in [4.69, 9.17) is 4.74 Å². The van der Waals surface area contributed by atoms with E-state index in [1.165, 1.54) is 0 Å². The van der Waals surface area contributed by atoms with Gasteiger partial charge in [-0.2, -0.15) is 5.10 Å². The number of piperidine rings is 2. The van der Waals surface area contributed by atoms with Crippen LogP contribution in [0.1, 0.15) is 39.5 Å². The van der Waals surface area contributed by atoms with Crippen molar-refractivity contribution in [1.29, 1.82) is 0 Å². The van der Waals surface area contributed by atoms with Gasteiger partial charge in [0.05, 0.1) is 17.4 Å². The van der Waals surface area contributed by atoms with E-state index in [9.17, 15) is 5.11 Å². The number of aromatic hydroxyl groups is 1. The van der Waals surface area contributed by atoms with Crippen molar-refractivity contribution in [3.8, 4) is 34.0 Å². The molecule has 2 saturated heterocycles. The van der Waals surface area contributed by atoms with Gasteiger partial charge < -0.3 is 15.2 Å². The number of nitrogens with zero attached hydrogens (tertiary/aromatic N) is 3. The average Bonchev–Trinajstić information content (AvgIpc) is 3.27. The highest BCUT2D eigenvalue weighted by molar-refractivity contribution is 5.73. The molecule has 5 rings (SSSR count). The number of phenols is 1. The highest BCUT2D eigenvalue weighted by Gasteiger charge is 2.53. The number of benzene rings is 1. The molecule has 162 valence electrons. The maximum atomic E-state index is 15.2. The lowest BCUT2D eigenvalue weighted by Gasteiger charge is -2.54. The molecule has 1 aromatic carbocycles. The zero-order chi connectivity index (χ0) is 21.6. The molecule has 8 heteroatoms. The Morgan fingerprint density at radius 2 is 2.00 bits per heavy atom. The topological polar surface area (TPSA) is 96.0 Å². The van der Waals surface area contributed by atoms with Gasteiger partial charge in [0.25, 0.3) is 0 Å². The Morgan fingerprint density at radius 3 is 2.71 bits per heavy atom. The van der Waals surface area contributed by atoms with Crippen LogP contribution < -0.4 is 10.1 Å². The number of phenolic OH excluding ortho intramolecular Hbond substituents is 1. The minimum atomic E-state index is -1.12. The average molecular weight is 423 g/mol. The normalized spacial score (nSPS) is 30.2. The highest BCUT2D eigenvalue weighted by Crippen LogP contribution is 2.42. The van der Waals surface area contributed by atoms with Crippen LogP contribution in [0.3, 0.4) is 0 Å². The first-order valence-corrected chi connectivity index (χ1v) is 10.6. The van der Waals surface area contributed by atoms with Gasteiger partial charge in [-0.3, -0.25) is 5.10 Å². The van der Waals surface area contributed by atoms with Crippen LogP contribution in [0.4, 0.5) is 4.39 Å². The summed E-state index contributed by atoms with van der Waals surface area (Å²) < 4.78 is 21.2. The molecule has 4 atom stereocenters. The Bertz CT molecular complexity index is 1070. The van der Waals surface area contributed by atoms with Crippen molar-refractivity contribution >= 4 is 0 Å². The van der Waals surface area contributed by atoms with Crippen LogP contribution in [-0.4, -0.2) is 48.9 Å². The molecule has 31 heavy (non-hydrogen) atoms. The van der Waals surface area contributed by atoms with Gasteiger partial charge in [-0.05, 0) is 56.9 Å². The molecule has 4 heterocycles. The van der Waals surface area contributed by atoms with E-state index in [1.54, 1.807) is 36.7 Å². The monoisotopic (exact) mass is 423 g/mol. The maximum absolute atomic E-state index is 15.2. The van der Waals surface area contributed by atoms with Gasteiger partial charge in [-0.1, -0.05) is 6.07 Å². The number of aromatic amines is 1. The number of hydrogen-bond acceptors (Lipinski definition) is 6. The second-order valence-corrected chi connectivity index (χ2v) is 9.19. The number of halogens is 1. The van der Waals surface area contributed by atoms with Crippen LogP contribution in [0.15, 0.2) is 42.7 Å². The summed E-state index contributed by atoms with van der Waals surface area (Å²) in [5, 5.41) is 29.0. The number of hydrogen-bond donors (Lipinski definition) is 3. The Morgan fingerprint density at radius 1 is 1.13 bits per heavy atom. The number of fused-ring (bicyclic) bond motifs is 2. The fourth-order valence-corrected chi connectivity index (χ4v) is 5.10. The zero-order valence-corrected chi connectivity index (χ0v) is 17.6. The standard InChI is InChI=1S/C23H26FN5O2/c1-22-8-3-9-23(2,29-22)21(24)19(11-22)31-20-7-6-17(27-28-20)16-5-4-14(10-18(16)30)15-12-25-26-13-15/h4-7,10,12-13,19,21,29-30H,3,8-9,11H2,1-2H3,(H,25,26)/t19-,21-,22-,23+/m0/s1. The lowest BCUT2D eigenvalue weighted by Crippen LogP contribution is -2.71. The van der Waals surface area contributed by atoms with Crippen LogP contribution in [0, 0.1) is 0 Å². The molecular weight excluding hydrogens is 397 g/mol. The first-order chi connectivity index (χ1) is 14.9. The summed E-state index contributed by atoms with van der Waals surface area (Å²) >= 11 is 0. The first kappa shape index (κ1) is 19.9. The zero-order valence-electron chi connectivity index (χ0n) is 17.6. The summed E-state index contributed by atoms with van der Waals surface area (Å²) in [6.07, 6.45) is 5.16. The highest BCUT2D eigenvalue weighted by atomic mass is 19.1. The maximum Gasteiger partial charge on any atom is 0.233 e. The summed E-state index contributed by atoms with van der Waals surface area (Å²) in [5.74, 6) is 0.385. The lowest BCUT2D eigenvalue weighted by atomic mass is 9.69. The predicted molar refractivity (Wildman–Crippen MR) is 114 cm³/mol. The van der Waals surface area contributed by atoms with E-state index < -0.39 is 17.8 Å². The Kier molecular flexibility index (Phi) is 4.69. The van der Waals surface area contributed by atoms with E-state index in [0.29, 0.717) is 17.7 Å². The molecule has 2 aromatic heterocycles. The van der Waals surface area contributed by atoms with E-state index in [1.807, 2.05) is 13.0 Å². The van der Waals surface area contributed by atoms with Crippen LogP contribution in [0.2, 0.25) is 0 Å². The van der Waals surface area contributed by atoms with Gasteiger partial charge in [-0.15, -0.1) is 10.2 Å². The molecule has 0 spiro atoms. The minimum Gasteiger partial charge on any atom is -0.507 e. The number of aromatic nitrogens is 4. The molecule has 3 N–H and O–H groups in total. The first-order valence-electron chi connectivity index (χ1n) is 10.6. The smallest absolute Gasteiger partial charge is 0.233 e. The number of alkyl halides is 1. The van der Waals surface area contributed by atoms with Gasteiger partial charge in [-0.25, -0.2) is 4.39 Å². The molecule has 2 bridgehead atoms. The molecule has 0 unspecified atom stereocenters. The second kappa shape index (κ2) is 7.30. The van der Waals surface area contributed by atoms with E-state index in [0.717, 1.165) is 30.4 Å². The number of ether oxygens (including phenoxy) is 1. The van der Waals surface area contributed by atoms with Gasteiger partial charge in [0, 0.05) is 35.3 Å². The van der Waals surface area contributed by atoms with Crippen LogP contribution in [0.5, 0.6) is 11.6 Å². The lowest BCUT2D eigenvalue weighted by molar-refractivity contribution is -0.0626. The summed E-state index contributed by atoms with van der Waals surface area (Å²) in [4.78, 5) is 0. The molecule has 2 aliphatic heterocycles. The van der Waals surface area contributed by atoms with Crippen molar-refractivity contribution in [2.75, 3.05) is 0 Å². The van der Waals surface area contributed by atoms with E-state index in [-0.39, 0.29) is 17.2 Å². The molecule has 2 aliphatic rings. The summed E-state index contributed by atoms with van der Waals surface area (Å²) in [5.41, 5.74) is 2.09. The third-order valence-corrected chi connectivity index (χ3v) is 6.62. The third kappa shape index (κ3) is 3.65. The van der Waals surface area contributed by atoms with E-state index in [2.05, 4.69) is 32.6 Å². The van der Waals surface area contributed by atoms with Crippen molar-refractivity contribution in [2.45, 2.75) is 62.9 Å². The number of nitrogens with one attached hydrogen (secondary N) is 2. The van der Waals surface area contributed by atoms with Gasteiger partial charge in [0.2, 0.25) is 5.88 Å². The fraction of sp³-hybridized carbons (Fsp3) is 0.435. The Labute approximate surface area is 180 Å². The molecule has 7 nitrogen and oxygen atoms in total. The molecule has 2 fully saturated rings. The summed E-state index contributed by atoms with van der Waals surface area (Å²) in [6.45, 7) is 4.08. The van der Waals surface area contributed by atoms with E-state index >= 15 is 4.39 Å².